The molecule has 112 valence electrons. The molecule has 0 bridgehead atoms. The molecule has 3 N–H and O–H groups in total. The van der Waals surface area contributed by atoms with E-state index >= 15 is 0 Å². The van der Waals surface area contributed by atoms with Crippen LogP contribution in [0.3, 0.4) is 0 Å². The van der Waals surface area contributed by atoms with E-state index < -0.39 is 0 Å². The number of rotatable bonds is 3. The maximum atomic E-state index is 12.3. The Balaban J connectivity index is 1.70. The van der Waals surface area contributed by atoms with E-state index in [4.69, 9.17) is 10.2 Å². The van der Waals surface area contributed by atoms with Crippen molar-refractivity contribution < 1.29 is 9.21 Å². The average molecular weight is 288 g/mol. The van der Waals surface area contributed by atoms with E-state index in [-0.39, 0.29) is 11.9 Å². The van der Waals surface area contributed by atoms with Gasteiger partial charge < -0.3 is 20.4 Å². The van der Waals surface area contributed by atoms with Crippen molar-refractivity contribution >= 4 is 28.7 Å². The highest BCUT2D eigenvalue weighted by Gasteiger charge is 2.23. The van der Waals surface area contributed by atoms with E-state index in [1.807, 2.05) is 11.8 Å². The van der Waals surface area contributed by atoms with Crippen molar-refractivity contribution in [1.29, 1.82) is 0 Å². The van der Waals surface area contributed by atoms with Crippen LogP contribution in [0.15, 0.2) is 22.6 Å². The minimum atomic E-state index is -0.353. The van der Waals surface area contributed by atoms with Crippen LogP contribution in [0.4, 0.5) is 11.7 Å². The van der Waals surface area contributed by atoms with Gasteiger partial charge in [0.25, 0.3) is 6.01 Å². The van der Waals surface area contributed by atoms with Crippen LogP contribution in [-0.4, -0.2) is 34.9 Å². The number of likely N-dealkylation sites (tertiary alicyclic amines) is 1. The van der Waals surface area contributed by atoms with Crippen molar-refractivity contribution in [2.24, 2.45) is 0 Å². The number of carbonyl (C=O) groups is 1. The highest BCUT2D eigenvalue weighted by molar-refractivity contribution is 5.84. The Bertz CT molecular complexity index is 646. The van der Waals surface area contributed by atoms with Gasteiger partial charge in [-0.3, -0.25) is 4.79 Å². The van der Waals surface area contributed by atoms with Gasteiger partial charge in [0.15, 0.2) is 5.58 Å². The number of hydrogen-bond donors (Lipinski definition) is 2. The molecule has 21 heavy (non-hydrogen) atoms. The Labute approximate surface area is 123 Å². The first kappa shape index (κ1) is 13.7. The van der Waals surface area contributed by atoms with E-state index in [9.17, 15) is 4.79 Å². The lowest BCUT2D eigenvalue weighted by atomic mass is 10.1. The monoisotopic (exact) mass is 288 g/mol. The lowest BCUT2D eigenvalue weighted by Gasteiger charge is -2.29. The number of benzene rings is 1. The highest BCUT2D eigenvalue weighted by Crippen LogP contribution is 2.22. The van der Waals surface area contributed by atoms with E-state index in [0.717, 1.165) is 31.4 Å². The number of oxazole rings is 1. The number of nitrogen functional groups attached to an aromatic ring is 1. The molecule has 0 spiro atoms. The second-order valence-electron chi connectivity index (χ2n) is 5.50. The highest BCUT2D eigenvalue weighted by atomic mass is 16.4. The summed E-state index contributed by atoms with van der Waals surface area (Å²) in [5.41, 5.74) is 7.69. The summed E-state index contributed by atoms with van der Waals surface area (Å²) >= 11 is 0. The normalized spacial score (nSPS) is 16.9. The van der Waals surface area contributed by atoms with Crippen molar-refractivity contribution in [2.75, 3.05) is 24.1 Å². The molecule has 2 aromatic rings. The minimum absolute atomic E-state index is 0.0940. The zero-order valence-electron chi connectivity index (χ0n) is 12.1. The molecule has 1 aromatic heterocycles. The second kappa shape index (κ2) is 5.63. The fourth-order valence-electron chi connectivity index (χ4n) is 2.64. The fourth-order valence-corrected chi connectivity index (χ4v) is 2.64. The maximum absolute atomic E-state index is 12.3. The second-order valence-corrected chi connectivity index (χ2v) is 5.50. The molecule has 2 heterocycles. The van der Waals surface area contributed by atoms with Crippen LogP contribution in [-0.2, 0) is 4.79 Å². The molecule has 1 fully saturated rings. The molecule has 1 amide bonds. The number of amides is 1. The van der Waals surface area contributed by atoms with Crippen molar-refractivity contribution in [1.82, 2.24) is 9.88 Å². The van der Waals surface area contributed by atoms with Crippen LogP contribution in [0.25, 0.3) is 11.1 Å². The van der Waals surface area contributed by atoms with Crippen molar-refractivity contribution in [3.63, 3.8) is 0 Å². The Kier molecular flexibility index (Phi) is 3.68. The van der Waals surface area contributed by atoms with E-state index in [0.29, 0.717) is 17.3 Å². The van der Waals surface area contributed by atoms with Crippen LogP contribution >= 0.6 is 0 Å². The molecule has 1 atom stereocenters. The van der Waals surface area contributed by atoms with Crippen LogP contribution in [0, 0.1) is 0 Å². The van der Waals surface area contributed by atoms with Crippen LogP contribution in [0.1, 0.15) is 26.2 Å². The van der Waals surface area contributed by atoms with Gasteiger partial charge in [0.1, 0.15) is 11.6 Å². The number of piperidine rings is 1. The molecule has 0 aliphatic carbocycles. The number of nitrogens with two attached hydrogens (primary N) is 1. The molecule has 1 unspecified atom stereocenters. The largest absolute Gasteiger partial charge is 0.423 e. The van der Waals surface area contributed by atoms with Gasteiger partial charge in [0.2, 0.25) is 5.91 Å². The van der Waals surface area contributed by atoms with Crippen LogP contribution in [0.2, 0.25) is 0 Å². The number of nitrogens with zero attached hydrogens (tertiary/aromatic N) is 2. The first-order chi connectivity index (χ1) is 10.1. The van der Waals surface area contributed by atoms with Gasteiger partial charge in [-0.1, -0.05) is 0 Å². The molecule has 1 aliphatic heterocycles. The number of fused-ring (bicyclic) bond motifs is 1. The molecule has 0 saturated carbocycles. The van der Waals surface area contributed by atoms with E-state index in [1.54, 1.807) is 18.2 Å². The topological polar surface area (TPSA) is 84.4 Å². The summed E-state index contributed by atoms with van der Waals surface area (Å²) in [5.74, 6) is 0.0940. The lowest BCUT2D eigenvalue weighted by molar-refractivity contribution is -0.132. The summed E-state index contributed by atoms with van der Waals surface area (Å²) in [4.78, 5) is 18.6. The molecule has 6 heteroatoms. The number of nitrogens with one attached hydrogen (secondary N) is 1. The lowest BCUT2D eigenvalue weighted by Crippen LogP contribution is -2.43. The summed E-state index contributed by atoms with van der Waals surface area (Å²) in [5, 5.41) is 3.04. The Morgan fingerprint density at radius 1 is 1.38 bits per heavy atom. The summed E-state index contributed by atoms with van der Waals surface area (Å²) < 4.78 is 5.58. The minimum Gasteiger partial charge on any atom is -0.423 e. The van der Waals surface area contributed by atoms with E-state index in [2.05, 4.69) is 10.3 Å². The van der Waals surface area contributed by atoms with Gasteiger partial charge in [-0.25, -0.2) is 0 Å². The van der Waals surface area contributed by atoms with Gasteiger partial charge in [-0.2, -0.15) is 4.98 Å². The maximum Gasteiger partial charge on any atom is 0.296 e. The summed E-state index contributed by atoms with van der Waals surface area (Å²) in [6.07, 6.45) is 3.37. The van der Waals surface area contributed by atoms with Crippen molar-refractivity contribution in [3.8, 4) is 0 Å². The number of hydrogen-bond acceptors (Lipinski definition) is 5. The Morgan fingerprint density at radius 2 is 2.14 bits per heavy atom. The molecule has 1 saturated heterocycles. The zero-order valence-corrected chi connectivity index (χ0v) is 12.1. The molecule has 3 rings (SSSR count). The quantitative estimate of drug-likeness (QED) is 0.846. The SMILES string of the molecule is CC(Nc1nc2ccc(N)cc2o1)C(=O)N1CCCCC1. The fraction of sp³-hybridized carbons (Fsp3) is 0.467. The van der Waals surface area contributed by atoms with Gasteiger partial charge in [-0.15, -0.1) is 0 Å². The smallest absolute Gasteiger partial charge is 0.296 e. The third kappa shape index (κ3) is 2.94. The summed E-state index contributed by atoms with van der Waals surface area (Å²) in [6, 6.07) is 5.31. The zero-order chi connectivity index (χ0) is 14.8. The molecular weight excluding hydrogens is 268 g/mol. The van der Waals surface area contributed by atoms with Crippen molar-refractivity contribution in [3.05, 3.63) is 18.2 Å². The predicted octanol–water partition coefficient (Wildman–Crippen LogP) is 2.22. The molecule has 1 aliphatic rings. The summed E-state index contributed by atoms with van der Waals surface area (Å²) in [7, 11) is 0. The van der Waals surface area contributed by atoms with E-state index in [1.165, 1.54) is 6.42 Å². The Hall–Kier alpha value is -2.24. The van der Waals surface area contributed by atoms with Gasteiger partial charge in [0.05, 0.1) is 0 Å². The van der Waals surface area contributed by atoms with Crippen LogP contribution < -0.4 is 11.1 Å². The van der Waals surface area contributed by atoms with Gasteiger partial charge >= 0.3 is 0 Å². The predicted molar refractivity (Wildman–Crippen MR) is 81.9 cm³/mol. The first-order valence-corrected chi connectivity index (χ1v) is 7.35. The molecule has 6 nitrogen and oxygen atoms in total. The average Bonchev–Trinajstić information content (AvgIpc) is 2.88. The molecular formula is C15H20N4O2. The third-order valence-electron chi connectivity index (χ3n) is 3.79. The number of anilines is 2. The summed E-state index contributed by atoms with van der Waals surface area (Å²) in [6.45, 7) is 3.52. The molecule has 0 radical (unpaired) electrons. The third-order valence-corrected chi connectivity index (χ3v) is 3.79. The van der Waals surface area contributed by atoms with Crippen molar-refractivity contribution in [2.45, 2.75) is 32.2 Å². The van der Waals surface area contributed by atoms with Crippen LogP contribution in [0.5, 0.6) is 0 Å². The Morgan fingerprint density at radius 3 is 2.90 bits per heavy atom. The molecule has 1 aromatic carbocycles. The van der Waals surface area contributed by atoms with Gasteiger partial charge in [0, 0.05) is 24.8 Å². The van der Waals surface area contributed by atoms with Gasteiger partial charge in [-0.05, 0) is 38.3 Å². The number of carbonyl (C=O) groups excluding carboxylic acids is 1. The first-order valence-electron chi connectivity index (χ1n) is 7.35. The standard InChI is InChI=1S/C15H20N4O2/c1-10(14(20)19-7-3-2-4-8-19)17-15-18-12-6-5-11(16)9-13(12)21-15/h5-6,9-10H,2-4,7-8,16H2,1H3,(H,17,18). The number of aromatic nitrogens is 1.